The number of nitrogens with zero attached hydrogens (tertiary/aromatic N) is 1. The second kappa shape index (κ2) is 4.65. The molecule has 2 rings (SSSR count). The van der Waals surface area contributed by atoms with Gasteiger partial charge in [0.1, 0.15) is 0 Å². The van der Waals surface area contributed by atoms with Crippen LogP contribution in [0.25, 0.3) is 6.08 Å². The van der Waals surface area contributed by atoms with Crippen molar-refractivity contribution in [1.82, 2.24) is 4.90 Å². The van der Waals surface area contributed by atoms with Gasteiger partial charge in [-0.3, -0.25) is 0 Å². The van der Waals surface area contributed by atoms with E-state index in [1.807, 2.05) is 6.07 Å². The largest absolute Gasteiger partial charge is 0.371 e. The van der Waals surface area contributed by atoms with Gasteiger partial charge in [0.2, 0.25) is 0 Å². The van der Waals surface area contributed by atoms with Crippen LogP contribution in [0.4, 0.5) is 0 Å². The van der Waals surface area contributed by atoms with E-state index in [4.69, 9.17) is 0 Å². The van der Waals surface area contributed by atoms with Crippen LogP contribution in [0.5, 0.6) is 0 Å². The van der Waals surface area contributed by atoms with Crippen molar-refractivity contribution in [1.29, 1.82) is 0 Å². The van der Waals surface area contributed by atoms with Gasteiger partial charge in [-0.15, -0.1) is 0 Å². The van der Waals surface area contributed by atoms with Crippen LogP contribution in [0.2, 0.25) is 0 Å². The maximum absolute atomic E-state index is 2.22. The Bertz CT molecular complexity index is 399. The highest BCUT2D eigenvalue weighted by molar-refractivity contribution is 5.53. The van der Waals surface area contributed by atoms with E-state index in [0.717, 1.165) is 6.54 Å². The van der Waals surface area contributed by atoms with Crippen molar-refractivity contribution < 1.29 is 0 Å². The van der Waals surface area contributed by atoms with Gasteiger partial charge in [0, 0.05) is 19.3 Å². The first-order chi connectivity index (χ1) is 7.36. The minimum absolute atomic E-state index is 0.991. The molecular weight excluding hydrogens is 182 g/mol. The zero-order valence-corrected chi connectivity index (χ0v) is 8.93. The van der Waals surface area contributed by atoms with Crippen LogP contribution in [-0.4, -0.2) is 18.5 Å². The second-order valence-electron chi connectivity index (χ2n) is 3.64. The van der Waals surface area contributed by atoms with Crippen molar-refractivity contribution in [3.63, 3.8) is 0 Å². The van der Waals surface area contributed by atoms with Crippen LogP contribution in [0.3, 0.4) is 0 Å². The number of hydrogen-bond acceptors (Lipinski definition) is 1. The van der Waals surface area contributed by atoms with Crippen LogP contribution in [0, 0.1) is 0 Å². The van der Waals surface area contributed by atoms with Crippen molar-refractivity contribution in [2.45, 2.75) is 0 Å². The Labute approximate surface area is 91.0 Å². The summed E-state index contributed by atoms with van der Waals surface area (Å²) < 4.78 is 0. The van der Waals surface area contributed by atoms with Gasteiger partial charge in [-0.1, -0.05) is 48.6 Å². The molecule has 1 aromatic rings. The molecule has 0 fully saturated rings. The van der Waals surface area contributed by atoms with E-state index in [-0.39, 0.29) is 0 Å². The predicted molar refractivity (Wildman–Crippen MR) is 65.3 cm³/mol. The molecule has 76 valence electrons. The first-order valence-corrected chi connectivity index (χ1v) is 5.17. The quantitative estimate of drug-likeness (QED) is 0.704. The molecule has 1 heteroatoms. The topological polar surface area (TPSA) is 3.24 Å². The van der Waals surface area contributed by atoms with E-state index in [2.05, 4.69) is 66.6 Å². The Morgan fingerprint density at radius 3 is 2.67 bits per heavy atom. The molecule has 0 aliphatic carbocycles. The summed E-state index contributed by atoms with van der Waals surface area (Å²) >= 11 is 0. The molecule has 0 saturated carbocycles. The molecule has 1 aromatic carbocycles. The normalized spacial score (nSPS) is 15.8. The highest BCUT2D eigenvalue weighted by Crippen LogP contribution is 2.11. The minimum Gasteiger partial charge on any atom is -0.371 e. The molecule has 0 spiro atoms. The number of allylic oxidation sites excluding steroid dienone is 3. The molecule has 1 heterocycles. The summed E-state index contributed by atoms with van der Waals surface area (Å²) in [4.78, 5) is 2.22. The molecule has 1 aliphatic heterocycles. The number of likely N-dealkylation sites (N-methyl/N-ethyl adjacent to an activating group) is 1. The molecular formula is C14H15N. The summed E-state index contributed by atoms with van der Waals surface area (Å²) in [5.41, 5.74) is 2.49. The summed E-state index contributed by atoms with van der Waals surface area (Å²) in [6, 6.07) is 10.4. The van der Waals surface area contributed by atoms with E-state index in [1.54, 1.807) is 0 Å². The Balaban J connectivity index is 2.12. The highest BCUT2D eigenvalue weighted by Gasteiger charge is 2.00. The SMILES string of the molecule is CN1CC=CC=C1C=Cc1ccccc1. The van der Waals surface area contributed by atoms with Gasteiger partial charge in [0.25, 0.3) is 0 Å². The third kappa shape index (κ3) is 2.59. The molecule has 1 aliphatic rings. The first kappa shape index (κ1) is 9.78. The molecule has 0 atom stereocenters. The molecule has 1 nitrogen and oxygen atoms in total. The Hall–Kier alpha value is -1.76. The fourth-order valence-corrected chi connectivity index (χ4v) is 1.55. The van der Waals surface area contributed by atoms with Crippen LogP contribution in [0.1, 0.15) is 5.56 Å². The zero-order chi connectivity index (χ0) is 10.5. The summed E-state index contributed by atoms with van der Waals surface area (Å²) in [6.45, 7) is 0.991. The smallest absolute Gasteiger partial charge is 0.0366 e. The summed E-state index contributed by atoms with van der Waals surface area (Å²) in [7, 11) is 2.10. The van der Waals surface area contributed by atoms with Crippen LogP contribution in [-0.2, 0) is 0 Å². The van der Waals surface area contributed by atoms with Gasteiger partial charge in [0.05, 0.1) is 0 Å². The lowest BCUT2D eigenvalue weighted by Crippen LogP contribution is -2.18. The fourth-order valence-electron chi connectivity index (χ4n) is 1.55. The van der Waals surface area contributed by atoms with Gasteiger partial charge in [-0.05, 0) is 17.7 Å². The average Bonchev–Trinajstić information content (AvgIpc) is 2.29. The number of rotatable bonds is 2. The lowest BCUT2D eigenvalue weighted by Gasteiger charge is -2.20. The van der Waals surface area contributed by atoms with Gasteiger partial charge in [0.15, 0.2) is 0 Å². The molecule has 0 radical (unpaired) electrons. The van der Waals surface area contributed by atoms with Gasteiger partial charge in [-0.25, -0.2) is 0 Å². The minimum atomic E-state index is 0.991. The molecule has 0 aromatic heterocycles. The average molecular weight is 197 g/mol. The van der Waals surface area contributed by atoms with Crippen LogP contribution in [0.15, 0.2) is 60.3 Å². The van der Waals surface area contributed by atoms with Crippen molar-refractivity contribution >= 4 is 6.08 Å². The predicted octanol–water partition coefficient (Wildman–Crippen LogP) is 3.09. The zero-order valence-electron chi connectivity index (χ0n) is 8.93. The van der Waals surface area contributed by atoms with Crippen molar-refractivity contribution in [2.24, 2.45) is 0 Å². The van der Waals surface area contributed by atoms with E-state index in [9.17, 15) is 0 Å². The Morgan fingerprint density at radius 2 is 1.93 bits per heavy atom. The van der Waals surface area contributed by atoms with Crippen LogP contribution >= 0.6 is 0 Å². The first-order valence-electron chi connectivity index (χ1n) is 5.17. The van der Waals surface area contributed by atoms with Gasteiger partial charge in [-0.2, -0.15) is 0 Å². The maximum atomic E-state index is 2.22. The van der Waals surface area contributed by atoms with Crippen molar-refractivity contribution in [3.8, 4) is 0 Å². The fraction of sp³-hybridized carbons (Fsp3) is 0.143. The monoisotopic (exact) mass is 197 g/mol. The third-order valence-electron chi connectivity index (χ3n) is 2.47. The molecule has 0 unspecified atom stereocenters. The van der Waals surface area contributed by atoms with E-state index < -0.39 is 0 Å². The molecule has 0 amide bonds. The standard InChI is InChI=1S/C14H15N/c1-15-12-6-5-9-14(15)11-10-13-7-3-2-4-8-13/h2-11H,12H2,1H3. The molecule has 0 bridgehead atoms. The summed E-state index contributed by atoms with van der Waals surface area (Å²) in [5, 5.41) is 0. The van der Waals surface area contributed by atoms with Gasteiger partial charge >= 0.3 is 0 Å². The summed E-state index contributed by atoms with van der Waals surface area (Å²) in [6.07, 6.45) is 10.7. The molecule has 15 heavy (non-hydrogen) atoms. The van der Waals surface area contributed by atoms with Crippen LogP contribution < -0.4 is 0 Å². The third-order valence-corrected chi connectivity index (χ3v) is 2.47. The molecule has 0 N–H and O–H groups in total. The lowest BCUT2D eigenvalue weighted by molar-refractivity contribution is 0.475. The lowest BCUT2D eigenvalue weighted by atomic mass is 10.2. The Morgan fingerprint density at radius 1 is 1.13 bits per heavy atom. The maximum Gasteiger partial charge on any atom is 0.0366 e. The number of benzene rings is 1. The van der Waals surface area contributed by atoms with E-state index in [1.165, 1.54) is 11.3 Å². The Kier molecular flexibility index (Phi) is 3.03. The number of hydrogen-bond donors (Lipinski definition) is 0. The van der Waals surface area contributed by atoms with E-state index >= 15 is 0 Å². The van der Waals surface area contributed by atoms with Crippen molar-refractivity contribution in [2.75, 3.05) is 13.6 Å². The molecule has 0 saturated heterocycles. The summed E-state index contributed by atoms with van der Waals surface area (Å²) in [5.74, 6) is 0. The van der Waals surface area contributed by atoms with Crippen molar-refractivity contribution in [3.05, 3.63) is 65.9 Å². The van der Waals surface area contributed by atoms with Gasteiger partial charge < -0.3 is 4.90 Å². The second-order valence-corrected chi connectivity index (χ2v) is 3.64. The van der Waals surface area contributed by atoms with E-state index in [0.29, 0.717) is 0 Å². The highest BCUT2D eigenvalue weighted by atomic mass is 15.1.